The summed E-state index contributed by atoms with van der Waals surface area (Å²) in [5.74, 6) is 1.54. The van der Waals surface area contributed by atoms with Gasteiger partial charge in [-0.05, 0) is 36.3 Å². The quantitative estimate of drug-likeness (QED) is 0.846. The minimum absolute atomic E-state index is 0.487. The Morgan fingerprint density at radius 3 is 2.80 bits per heavy atom. The summed E-state index contributed by atoms with van der Waals surface area (Å²) >= 11 is 6.03. The number of hydrogen-bond donors (Lipinski definition) is 1. The van der Waals surface area contributed by atoms with Gasteiger partial charge in [0.15, 0.2) is 0 Å². The number of nitrogens with one attached hydrogen (secondary N) is 1. The van der Waals surface area contributed by atoms with Crippen LogP contribution in [0.3, 0.4) is 0 Å². The fraction of sp³-hybridized carbons (Fsp3) is 0.583. The first-order valence-corrected chi connectivity index (χ1v) is 5.86. The van der Waals surface area contributed by atoms with Crippen molar-refractivity contribution in [3.05, 3.63) is 23.4 Å². The predicted octanol–water partition coefficient (Wildman–Crippen LogP) is 3.58. The second kappa shape index (κ2) is 4.01. The molecule has 82 valence electrons. The van der Waals surface area contributed by atoms with E-state index in [4.69, 9.17) is 11.6 Å². The second-order valence-corrected chi connectivity index (χ2v) is 5.11. The first kappa shape index (κ1) is 10.7. The summed E-state index contributed by atoms with van der Waals surface area (Å²) in [6.45, 7) is 5.56. The Balaban J connectivity index is 1.97. The van der Waals surface area contributed by atoms with Gasteiger partial charge in [0.2, 0.25) is 0 Å². The zero-order valence-electron chi connectivity index (χ0n) is 9.26. The Bertz CT molecular complexity index is 345. The fourth-order valence-corrected chi connectivity index (χ4v) is 2.08. The molecule has 0 atom stereocenters. The third-order valence-corrected chi connectivity index (χ3v) is 3.79. The number of hydrogen-bond acceptors (Lipinski definition) is 2. The van der Waals surface area contributed by atoms with Crippen LogP contribution < -0.4 is 5.32 Å². The lowest BCUT2D eigenvalue weighted by molar-refractivity contribution is 0.380. The molecule has 0 saturated heterocycles. The number of pyridine rings is 1. The summed E-state index contributed by atoms with van der Waals surface area (Å²) in [6.07, 6.45) is 4.41. The molecule has 0 aliphatic heterocycles. The number of halogens is 1. The monoisotopic (exact) mass is 224 g/mol. The highest BCUT2D eigenvalue weighted by Gasteiger charge is 2.44. The molecular formula is C12H17ClN2. The summed E-state index contributed by atoms with van der Waals surface area (Å²) in [5.41, 5.74) is 0.487. The summed E-state index contributed by atoms with van der Waals surface area (Å²) in [5, 5.41) is 4.06. The van der Waals surface area contributed by atoms with Crippen LogP contribution in [0.4, 0.5) is 5.82 Å². The van der Waals surface area contributed by atoms with E-state index in [1.54, 1.807) is 6.20 Å². The lowest BCUT2D eigenvalue weighted by atomic mass is 9.92. The van der Waals surface area contributed by atoms with E-state index in [2.05, 4.69) is 24.1 Å². The van der Waals surface area contributed by atoms with E-state index in [-0.39, 0.29) is 0 Å². The molecule has 1 heterocycles. The summed E-state index contributed by atoms with van der Waals surface area (Å²) in [7, 11) is 0. The van der Waals surface area contributed by atoms with Crippen LogP contribution in [-0.2, 0) is 0 Å². The first-order chi connectivity index (χ1) is 7.14. The van der Waals surface area contributed by atoms with Crippen LogP contribution in [0.15, 0.2) is 18.3 Å². The van der Waals surface area contributed by atoms with Crippen molar-refractivity contribution in [2.24, 2.45) is 11.3 Å². The molecule has 1 saturated carbocycles. The third-order valence-electron chi connectivity index (χ3n) is 3.48. The van der Waals surface area contributed by atoms with Crippen LogP contribution in [0, 0.1) is 11.3 Å². The van der Waals surface area contributed by atoms with Crippen molar-refractivity contribution < 1.29 is 0 Å². The van der Waals surface area contributed by atoms with Crippen LogP contribution in [0.2, 0.25) is 5.02 Å². The van der Waals surface area contributed by atoms with Crippen LogP contribution in [-0.4, -0.2) is 11.5 Å². The van der Waals surface area contributed by atoms with E-state index in [1.807, 2.05) is 12.1 Å². The van der Waals surface area contributed by atoms with Crippen molar-refractivity contribution in [1.82, 2.24) is 4.98 Å². The molecule has 1 aliphatic rings. The van der Waals surface area contributed by atoms with Gasteiger partial charge in [0, 0.05) is 12.7 Å². The SMILES string of the molecule is CC(C)C1(CNc2ncccc2Cl)CC1. The van der Waals surface area contributed by atoms with Gasteiger partial charge in [-0.15, -0.1) is 0 Å². The average Bonchev–Trinajstić information content (AvgIpc) is 2.98. The summed E-state index contributed by atoms with van der Waals surface area (Å²) in [4.78, 5) is 4.23. The van der Waals surface area contributed by atoms with E-state index < -0.39 is 0 Å². The third kappa shape index (κ3) is 2.25. The molecule has 0 amide bonds. The van der Waals surface area contributed by atoms with Crippen LogP contribution >= 0.6 is 11.6 Å². The number of aromatic nitrogens is 1. The van der Waals surface area contributed by atoms with Gasteiger partial charge in [0.1, 0.15) is 5.82 Å². The lowest BCUT2D eigenvalue weighted by Crippen LogP contribution is -2.21. The van der Waals surface area contributed by atoms with Gasteiger partial charge in [0.05, 0.1) is 5.02 Å². The van der Waals surface area contributed by atoms with E-state index >= 15 is 0 Å². The lowest BCUT2D eigenvalue weighted by Gasteiger charge is -2.20. The highest BCUT2D eigenvalue weighted by atomic mass is 35.5. The first-order valence-electron chi connectivity index (χ1n) is 5.48. The van der Waals surface area contributed by atoms with Gasteiger partial charge in [0.25, 0.3) is 0 Å². The molecule has 0 aromatic carbocycles. The van der Waals surface area contributed by atoms with E-state index in [1.165, 1.54) is 12.8 Å². The minimum Gasteiger partial charge on any atom is -0.368 e. The highest BCUT2D eigenvalue weighted by Crippen LogP contribution is 2.51. The molecule has 15 heavy (non-hydrogen) atoms. The number of nitrogens with zero attached hydrogens (tertiary/aromatic N) is 1. The van der Waals surface area contributed by atoms with E-state index in [0.717, 1.165) is 18.3 Å². The van der Waals surface area contributed by atoms with Crippen molar-refractivity contribution in [2.75, 3.05) is 11.9 Å². The maximum absolute atomic E-state index is 6.03. The topological polar surface area (TPSA) is 24.9 Å². The Hall–Kier alpha value is -0.760. The largest absolute Gasteiger partial charge is 0.368 e. The molecular weight excluding hydrogens is 208 g/mol. The second-order valence-electron chi connectivity index (χ2n) is 4.70. The van der Waals surface area contributed by atoms with E-state index in [9.17, 15) is 0 Å². The average molecular weight is 225 g/mol. The molecule has 0 unspecified atom stereocenters. The van der Waals surface area contributed by atoms with Crippen molar-refractivity contribution in [3.8, 4) is 0 Å². The van der Waals surface area contributed by atoms with Gasteiger partial charge in [-0.1, -0.05) is 25.4 Å². The number of anilines is 1. The standard InChI is InChI=1S/C12H17ClN2/c1-9(2)12(5-6-12)8-15-11-10(13)4-3-7-14-11/h3-4,7,9H,5-6,8H2,1-2H3,(H,14,15). The molecule has 0 radical (unpaired) electrons. The zero-order chi connectivity index (χ0) is 10.9. The van der Waals surface area contributed by atoms with Gasteiger partial charge in [-0.3, -0.25) is 0 Å². The van der Waals surface area contributed by atoms with E-state index in [0.29, 0.717) is 10.4 Å². The highest BCUT2D eigenvalue weighted by molar-refractivity contribution is 6.32. The van der Waals surface area contributed by atoms with Crippen molar-refractivity contribution >= 4 is 17.4 Å². The number of rotatable bonds is 4. The molecule has 3 heteroatoms. The van der Waals surface area contributed by atoms with Crippen molar-refractivity contribution in [1.29, 1.82) is 0 Å². The van der Waals surface area contributed by atoms with Crippen molar-refractivity contribution in [2.45, 2.75) is 26.7 Å². The maximum atomic E-state index is 6.03. The molecule has 1 N–H and O–H groups in total. The summed E-state index contributed by atoms with van der Waals surface area (Å²) in [6, 6.07) is 3.72. The smallest absolute Gasteiger partial charge is 0.144 e. The molecule has 0 spiro atoms. The maximum Gasteiger partial charge on any atom is 0.144 e. The van der Waals surface area contributed by atoms with Crippen LogP contribution in [0.1, 0.15) is 26.7 Å². The molecule has 1 fully saturated rings. The van der Waals surface area contributed by atoms with Crippen LogP contribution in [0.5, 0.6) is 0 Å². The molecule has 1 aliphatic carbocycles. The molecule has 1 aromatic heterocycles. The van der Waals surface area contributed by atoms with Gasteiger partial charge in [-0.2, -0.15) is 0 Å². The van der Waals surface area contributed by atoms with Gasteiger partial charge < -0.3 is 5.32 Å². The Morgan fingerprint density at radius 2 is 2.27 bits per heavy atom. The van der Waals surface area contributed by atoms with Gasteiger partial charge >= 0.3 is 0 Å². The Kier molecular flexibility index (Phi) is 2.87. The van der Waals surface area contributed by atoms with Crippen LogP contribution in [0.25, 0.3) is 0 Å². The zero-order valence-corrected chi connectivity index (χ0v) is 10.0. The predicted molar refractivity (Wildman–Crippen MR) is 64.2 cm³/mol. The fourth-order valence-electron chi connectivity index (χ4n) is 1.89. The molecule has 2 nitrogen and oxygen atoms in total. The molecule has 1 aromatic rings. The molecule has 2 rings (SSSR count). The molecule has 0 bridgehead atoms. The minimum atomic E-state index is 0.487. The van der Waals surface area contributed by atoms with Gasteiger partial charge in [-0.25, -0.2) is 4.98 Å². The Morgan fingerprint density at radius 1 is 1.53 bits per heavy atom. The summed E-state index contributed by atoms with van der Waals surface area (Å²) < 4.78 is 0. The Labute approximate surface area is 96.1 Å². The van der Waals surface area contributed by atoms with Crippen molar-refractivity contribution in [3.63, 3.8) is 0 Å². The normalized spacial score (nSPS) is 17.9.